The van der Waals surface area contributed by atoms with E-state index in [1.54, 1.807) is 24.3 Å². The van der Waals surface area contributed by atoms with Gasteiger partial charge >= 0.3 is 0 Å². The molecule has 1 saturated carbocycles. The lowest BCUT2D eigenvalue weighted by Gasteiger charge is -2.28. The van der Waals surface area contributed by atoms with E-state index in [2.05, 4.69) is 12.2 Å². The van der Waals surface area contributed by atoms with E-state index in [1.807, 2.05) is 0 Å². The van der Waals surface area contributed by atoms with Crippen LogP contribution in [0, 0.1) is 11.8 Å². The summed E-state index contributed by atoms with van der Waals surface area (Å²) in [5, 5.41) is 8.47. The van der Waals surface area contributed by atoms with Gasteiger partial charge in [-0.2, -0.15) is 0 Å². The molecule has 0 aromatic heterocycles. The molecular formula is C15H24N2O2S. The first kappa shape index (κ1) is 15.3. The van der Waals surface area contributed by atoms with Gasteiger partial charge in [0.25, 0.3) is 0 Å². The van der Waals surface area contributed by atoms with E-state index < -0.39 is 10.0 Å². The van der Waals surface area contributed by atoms with Gasteiger partial charge in [-0.3, -0.25) is 0 Å². The molecule has 0 bridgehead atoms. The smallest absolute Gasteiger partial charge is 0.238 e. The summed E-state index contributed by atoms with van der Waals surface area (Å²) >= 11 is 0. The van der Waals surface area contributed by atoms with Crippen LogP contribution < -0.4 is 10.5 Å². The van der Waals surface area contributed by atoms with Crippen LogP contribution in [0.5, 0.6) is 0 Å². The highest BCUT2D eigenvalue weighted by molar-refractivity contribution is 7.89. The summed E-state index contributed by atoms with van der Waals surface area (Å²) in [7, 11) is -3.59. The van der Waals surface area contributed by atoms with Crippen LogP contribution in [0.2, 0.25) is 0 Å². The first-order valence-corrected chi connectivity index (χ1v) is 8.90. The standard InChI is InChI=1S/C15H24N2O2S/c1-2-12-3-5-13(6-4-12)11-17-14-7-9-15(10-8-14)20(16,18)19/h7-10,12-13,17H,2-6,11H2,1H3,(H2,16,18,19). The van der Waals surface area contributed by atoms with Crippen molar-refractivity contribution in [2.75, 3.05) is 11.9 Å². The molecule has 20 heavy (non-hydrogen) atoms. The number of anilines is 1. The average molecular weight is 296 g/mol. The molecule has 5 heteroatoms. The molecule has 0 atom stereocenters. The van der Waals surface area contributed by atoms with Gasteiger partial charge in [0.15, 0.2) is 0 Å². The second-order valence-electron chi connectivity index (χ2n) is 5.75. The third-order valence-corrected chi connectivity index (χ3v) is 5.25. The number of nitrogens with two attached hydrogens (primary N) is 1. The molecule has 112 valence electrons. The molecule has 2 rings (SSSR count). The van der Waals surface area contributed by atoms with Crippen LogP contribution in [-0.4, -0.2) is 15.0 Å². The summed E-state index contributed by atoms with van der Waals surface area (Å²) < 4.78 is 22.3. The van der Waals surface area contributed by atoms with E-state index in [0.29, 0.717) is 0 Å². The van der Waals surface area contributed by atoms with Crippen LogP contribution in [-0.2, 0) is 10.0 Å². The Labute approximate surface area is 121 Å². The van der Waals surface area contributed by atoms with Crippen LogP contribution in [0.25, 0.3) is 0 Å². The number of primary sulfonamides is 1. The third kappa shape index (κ3) is 4.21. The van der Waals surface area contributed by atoms with Crippen molar-refractivity contribution in [1.82, 2.24) is 0 Å². The zero-order valence-corrected chi connectivity index (χ0v) is 12.8. The van der Waals surface area contributed by atoms with Gasteiger partial charge in [-0.25, -0.2) is 13.6 Å². The van der Waals surface area contributed by atoms with E-state index in [1.165, 1.54) is 32.1 Å². The first-order chi connectivity index (χ1) is 9.49. The van der Waals surface area contributed by atoms with Crippen molar-refractivity contribution in [2.45, 2.75) is 43.9 Å². The molecule has 1 aliphatic carbocycles. The molecule has 0 radical (unpaired) electrons. The highest BCUT2D eigenvalue weighted by Gasteiger charge is 2.19. The van der Waals surface area contributed by atoms with Crippen LogP contribution in [0.4, 0.5) is 5.69 Å². The molecule has 0 saturated heterocycles. The molecule has 4 nitrogen and oxygen atoms in total. The Bertz CT molecular complexity index is 517. The molecule has 0 heterocycles. The molecule has 0 spiro atoms. The van der Waals surface area contributed by atoms with Gasteiger partial charge in [0, 0.05) is 12.2 Å². The summed E-state index contributed by atoms with van der Waals surface area (Å²) in [5.41, 5.74) is 0.954. The predicted molar refractivity (Wildman–Crippen MR) is 82.0 cm³/mol. The van der Waals surface area contributed by atoms with Crippen LogP contribution in [0.1, 0.15) is 39.0 Å². The molecule has 0 unspecified atom stereocenters. The maximum atomic E-state index is 11.2. The maximum Gasteiger partial charge on any atom is 0.238 e. The zero-order valence-electron chi connectivity index (χ0n) is 12.0. The number of nitrogens with one attached hydrogen (secondary N) is 1. The number of benzene rings is 1. The average Bonchev–Trinajstić information content (AvgIpc) is 2.45. The fourth-order valence-electron chi connectivity index (χ4n) is 2.87. The molecule has 1 fully saturated rings. The fraction of sp³-hybridized carbons (Fsp3) is 0.600. The van der Waals surface area contributed by atoms with E-state index in [0.717, 1.165) is 24.1 Å². The Balaban J connectivity index is 1.83. The topological polar surface area (TPSA) is 72.2 Å². The summed E-state index contributed by atoms with van der Waals surface area (Å²) in [6.45, 7) is 3.24. The Morgan fingerprint density at radius 1 is 1.10 bits per heavy atom. The first-order valence-electron chi connectivity index (χ1n) is 7.35. The lowest BCUT2D eigenvalue weighted by atomic mass is 9.81. The molecule has 0 amide bonds. The Morgan fingerprint density at radius 2 is 1.65 bits per heavy atom. The van der Waals surface area contributed by atoms with Crippen molar-refractivity contribution in [3.05, 3.63) is 24.3 Å². The second-order valence-corrected chi connectivity index (χ2v) is 7.31. The van der Waals surface area contributed by atoms with Gasteiger partial charge in [0.05, 0.1) is 4.90 Å². The number of sulfonamides is 1. The van der Waals surface area contributed by atoms with Crippen LogP contribution >= 0.6 is 0 Å². The van der Waals surface area contributed by atoms with E-state index in [-0.39, 0.29) is 4.90 Å². The number of rotatable bonds is 5. The fourth-order valence-corrected chi connectivity index (χ4v) is 3.38. The van der Waals surface area contributed by atoms with E-state index in [9.17, 15) is 8.42 Å². The second kappa shape index (κ2) is 6.59. The van der Waals surface area contributed by atoms with E-state index in [4.69, 9.17) is 5.14 Å². The van der Waals surface area contributed by atoms with Gasteiger partial charge in [-0.15, -0.1) is 0 Å². The summed E-state index contributed by atoms with van der Waals surface area (Å²) in [6, 6.07) is 6.64. The van der Waals surface area contributed by atoms with Crippen molar-refractivity contribution in [3.63, 3.8) is 0 Å². The Hall–Kier alpha value is -1.07. The zero-order chi connectivity index (χ0) is 14.6. The van der Waals surface area contributed by atoms with Crippen molar-refractivity contribution in [1.29, 1.82) is 0 Å². The lowest BCUT2D eigenvalue weighted by molar-refractivity contribution is 0.278. The van der Waals surface area contributed by atoms with Gasteiger partial charge < -0.3 is 5.32 Å². The molecule has 1 aromatic rings. The normalized spacial score (nSPS) is 23.5. The highest BCUT2D eigenvalue weighted by Crippen LogP contribution is 2.30. The monoisotopic (exact) mass is 296 g/mol. The minimum absolute atomic E-state index is 0.159. The van der Waals surface area contributed by atoms with Gasteiger partial charge in [0.1, 0.15) is 0 Å². The van der Waals surface area contributed by atoms with Crippen LogP contribution in [0.3, 0.4) is 0 Å². The molecule has 1 aliphatic rings. The largest absolute Gasteiger partial charge is 0.385 e. The molecule has 3 N–H and O–H groups in total. The maximum absolute atomic E-state index is 11.2. The van der Waals surface area contributed by atoms with Crippen molar-refractivity contribution < 1.29 is 8.42 Å². The van der Waals surface area contributed by atoms with Gasteiger partial charge in [0.2, 0.25) is 10.0 Å². The Kier molecular flexibility index (Phi) is 5.05. The third-order valence-electron chi connectivity index (χ3n) is 4.32. The minimum Gasteiger partial charge on any atom is -0.385 e. The van der Waals surface area contributed by atoms with Crippen molar-refractivity contribution >= 4 is 15.7 Å². The summed E-state index contributed by atoms with van der Waals surface area (Å²) in [5.74, 6) is 1.65. The highest BCUT2D eigenvalue weighted by atomic mass is 32.2. The van der Waals surface area contributed by atoms with Crippen molar-refractivity contribution in [3.8, 4) is 0 Å². The predicted octanol–water partition coefficient (Wildman–Crippen LogP) is 2.96. The van der Waals surface area contributed by atoms with Crippen molar-refractivity contribution in [2.24, 2.45) is 17.0 Å². The molecule has 0 aliphatic heterocycles. The number of hydrogen-bond acceptors (Lipinski definition) is 3. The number of hydrogen-bond donors (Lipinski definition) is 2. The van der Waals surface area contributed by atoms with E-state index >= 15 is 0 Å². The Morgan fingerprint density at radius 3 is 2.15 bits per heavy atom. The lowest BCUT2D eigenvalue weighted by Crippen LogP contribution is -2.21. The summed E-state index contributed by atoms with van der Waals surface area (Å²) in [6.07, 6.45) is 6.57. The quantitative estimate of drug-likeness (QED) is 0.877. The van der Waals surface area contributed by atoms with Gasteiger partial charge in [-0.1, -0.05) is 26.2 Å². The van der Waals surface area contributed by atoms with Crippen LogP contribution in [0.15, 0.2) is 29.2 Å². The SMILES string of the molecule is CCC1CCC(CNc2ccc(S(N)(=O)=O)cc2)CC1. The minimum atomic E-state index is -3.59. The summed E-state index contributed by atoms with van der Waals surface area (Å²) in [4.78, 5) is 0.159. The molecule has 1 aromatic carbocycles. The van der Waals surface area contributed by atoms with Gasteiger partial charge in [-0.05, 0) is 48.9 Å². The molecular weight excluding hydrogens is 272 g/mol.